The van der Waals surface area contributed by atoms with Crippen LogP contribution in [0.25, 0.3) is 5.65 Å². The van der Waals surface area contributed by atoms with Gasteiger partial charge >= 0.3 is 0 Å². The molecule has 0 radical (unpaired) electrons. The van der Waals surface area contributed by atoms with Gasteiger partial charge < -0.3 is 25.6 Å². The lowest BCUT2D eigenvalue weighted by atomic mass is 10.2. The van der Waals surface area contributed by atoms with Gasteiger partial charge in [0, 0.05) is 37.2 Å². The first-order chi connectivity index (χ1) is 18.2. The molecule has 0 amide bonds. The average Bonchev–Trinajstić information content (AvgIpc) is 3.67. The summed E-state index contributed by atoms with van der Waals surface area (Å²) in [5.74, 6) is 2.53. The van der Waals surface area contributed by atoms with Gasteiger partial charge in [0.05, 0.1) is 0 Å². The van der Waals surface area contributed by atoms with E-state index in [2.05, 4.69) is 36.3 Å². The van der Waals surface area contributed by atoms with E-state index < -0.39 is 0 Å². The zero-order valence-electron chi connectivity index (χ0n) is 20.4. The van der Waals surface area contributed by atoms with Crippen LogP contribution in [-0.2, 0) is 0 Å². The number of nitrogens with one attached hydrogen (secondary N) is 1. The van der Waals surface area contributed by atoms with Crippen molar-refractivity contribution in [2.75, 3.05) is 42.1 Å². The number of nitrogen functional groups attached to an aromatic ring is 1. The third-order valence-corrected chi connectivity index (χ3v) is 6.91. The maximum Gasteiger partial charge on any atom is 0.231 e. The van der Waals surface area contributed by atoms with Crippen LogP contribution < -0.4 is 20.7 Å². The number of hydrogen-bond donors (Lipinski definition) is 2. The number of nitrogens with zero attached hydrogens (tertiary/aromatic N) is 8. The highest BCUT2D eigenvalue weighted by Crippen LogP contribution is 2.30. The van der Waals surface area contributed by atoms with Gasteiger partial charge in [-0.1, -0.05) is 0 Å². The van der Waals surface area contributed by atoms with Crippen LogP contribution in [-0.4, -0.2) is 61.7 Å². The minimum Gasteiger partial charge on any atom is -0.457 e. The van der Waals surface area contributed by atoms with Crippen LogP contribution in [0.1, 0.15) is 31.2 Å². The molecular formula is C26H28N10O. The van der Waals surface area contributed by atoms with Crippen LogP contribution in [0.15, 0.2) is 48.8 Å². The van der Waals surface area contributed by atoms with Crippen LogP contribution in [0.5, 0.6) is 11.5 Å². The molecular weight excluding hydrogens is 468 g/mol. The molecule has 11 heteroatoms. The molecule has 2 saturated heterocycles. The van der Waals surface area contributed by atoms with Gasteiger partial charge in [0.2, 0.25) is 11.9 Å². The molecule has 1 aromatic carbocycles. The lowest BCUT2D eigenvalue weighted by Crippen LogP contribution is -2.40. The van der Waals surface area contributed by atoms with E-state index in [1.54, 1.807) is 24.5 Å². The van der Waals surface area contributed by atoms with Crippen molar-refractivity contribution < 1.29 is 4.74 Å². The highest BCUT2D eigenvalue weighted by molar-refractivity contribution is 5.74. The van der Waals surface area contributed by atoms with E-state index in [0.717, 1.165) is 44.7 Å². The average molecular weight is 497 g/mol. The number of anilines is 4. The predicted molar refractivity (Wildman–Crippen MR) is 140 cm³/mol. The molecule has 0 saturated carbocycles. The van der Waals surface area contributed by atoms with Crippen LogP contribution in [0.4, 0.5) is 23.4 Å². The quantitative estimate of drug-likeness (QED) is 0.391. The number of likely N-dealkylation sites (tertiary alicyclic amines) is 1. The Morgan fingerprint density at radius 1 is 1.00 bits per heavy atom. The van der Waals surface area contributed by atoms with Gasteiger partial charge in [-0.25, -0.2) is 0 Å². The zero-order chi connectivity index (χ0) is 25.2. The Morgan fingerprint density at radius 2 is 1.76 bits per heavy atom. The van der Waals surface area contributed by atoms with E-state index in [-0.39, 0.29) is 5.95 Å². The first-order valence-corrected chi connectivity index (χ1v) is 12.6. The summed E-state index contributed by atoms with van der Waals surface area (Å²) in [6, 6.07) is 13.6. The highest BCUT2D eigenvalue weighted by Gasteiger charge is 2.30. The largest absolute Gasteiger partial charge is 0.457 e. The Hall–Kier alpha value is -4.43. The summed E-state index contributed by atoms with van der Waals surface area (Å²) < 4.78 is 7.25. The molecule has 3 N–H and O–H groups in total. The van der Waals surface area contributed by atoms with Crippen LogP contribution >= 0.6 is 0 Å². The Kier molecular flexibility index (Phi) is 6.16. The van der Waals surface area contributed by atoms with Crippen molar-refractivity contribution in [3.63, 3.8) is 0 Å². The fraction of sp³-hybridized carbons (Fsp3) is 0.346. The molecule has 2 fully saturated rings. The number of nitrogens with two attached hydrogens (primary N) is 1. The first kappa shape index (κ1) is 23.0. The second kappa shape index (κ2) is 9.91. The Balaban J connectivity index is 1.24. The Labute approximate surface area is 214 Å². The Bertz CT molecular complexity index is 1420. The SMILES string of the molecule is N#Cc1c(Nc2ccc(Oc3ccncc3)cc2)nn2c(N)nc(N3CCC[C@H]3CN3CCCC3)nc12. The number of ether oxygens (including phenoxy) is 1. The number of aromatic nitrogens is 5. The first-order valence-electron chi connectivity index (χ1n) is 12.6. The molecule has 2 aliphatic rings. The summed E-state index contributed by atoms with van der Waals surface area (Å²) in [6.07, 6.45) is 8.07. The molecule has 5 heterocycles. The number of pyridine rings is 1. The van der Waals surface area contributed by atoms with Crippen molar-refractivity contribution in [2.45, 2.75) is 31.7 Å². The number of nitriles is 1. The smallest absolute Gasteiger partial charge is 0.231 e. The lowest BCUT2D eigenvalue weighted by molar-refractivity contribution is 0.313. The number of hydrogen-bond acceptors (Lipinski definition) is 10. The van der Waals surface area contributed by atoms with E-state index in [4.69, 9.17) is 15.5 Å². The molecule has 188 valence electrons. The standard InChI is InChI=1S/C26H28N10O/c27-16-22-23(30-18-5-7-20(8-6-18)37-21-9-11-29-12-10-21)33-36-24(22)31-26(32-25(36)28)35-15-3-4-19(35)17-34-13-1-2-14-34/h5-12,19H,1-4,13-15,17H2,(H,30,33)(H2,28,31,32)/t19-/m0/s1. The minimum absolute atomic E-state index is 0.206. The van der Waals surface area contributed by atoms with E-state index in [1.165, 1.54) is 17.4 Å². The van der Waals surface area contributed by atoms with Crippen molar-refractivity contribution in [3.05, 3.63) is 54.4 Å². The molecule has 0 spiro atoms. The van der Waals surface area contributed by atoms with Crippen molar-refractivity contribution in [1.82, 2.24) is 29.5 Å². The monoisotopic (exact) mass is 496 g/mol. The molecule has 2 aliphatic heterocycles. The maximum atomic E-state index is 9.99. The summed E-state index contributed by atoms with van der Waals surface area (Å²) in [7, 11) is 0. The van der Waals surface area contributed by atoms with E-state index in [0.29, 0.717) is 40.5 Å². The molecule has 37 heavy (non-hydrogen) atoms. The van der Waals surface area contributed by atoms with Gasteiger partial charge in [-0.05, 0) is 75.2 Å². The van der Waals surface area contributed by atoms with E-state index >= 15 is 0 Å². The number of fused-ring (bicyclic) bond motifs is 1. The van der Waals surface area contributed by atoms with Crippen LogP contribution in [0.2, 0.25) is 0 Å². The molecule has 4 aromatic rings. The molecule has 11 nitrogen and oxygen atoms in total. The normalized spacial score (nSPS) is 17.8. The highest BCUT2D eigenvalue weighted by atomic mass is 16.5. The van der Waals surface area contributed by atoms with E-state index in [9.17, 15) is 5.26 Å². The van der Waals surface area contributed by atoms with Gasteiger partial charge in [0.25, 0.3) is 0 Å². The minimum atomic E-state index is 0.206. The van der Waals surface area contributed by atoms with Crippen molar-refractivity contribution >= 4 is 29.0 Å². The molecule has 1 atom stereocenters. The summed E-state index contributed by atoms with van der Waals surface area (Å²) in [5, 5.41) is 17.7. The van der Waals surface area contributed by atoms with Gasteiger partial charge in [0.1, 0.15) is 23.1 Å². The summed E-state index contributed by atoms with van der Waals surface area (Å²) in [4.78, 5) is 18.1. The summed E-state index contributed by atoms with van der Waals surface area (Å²) in [6.45, 7) is 4.19. The fourth-order valence-corrected chi connectivity index (χ4v) is 5.10. The third-order valence-electron chi connectivity index (χ3n) is 6.91. The molecule has 0 aliphatic carbocycles. The van der Waals surface area contributed by atoms with Crippen molar-refractivity contribution in [3.8, 4) is 17.6 Å². The zero-order valence-corrected chi connectivity index (χ0v) is 20.4. The number of rotatable bonds is 7. The predicted octanol–water partition coefficient (Wildman–Crippen LogP) is 3.57. The molecule has 6 rings (SSSR count). The van der Waals surface area contributed by atoms with Gasteiger partial charge in [-0.2, -0.15) is 19.7 Å². The van der Waals surface area contributed by atoms with Gasteiger partial charge in [-0.3, -0.25) is 4.98 Å². The second-order valence-electron chi connectivity index (χ2n) is 9.38. The third kappa shape index (κ3) is 4.71. The summed E-state index contributed by atoms with van der Waals surface area (Å²) in [5.41, 5.74) is 7.78. The lowest BCUT2D eigenvalue weighted by Gasteiger charge is -2.28. The second-order valence-corrected chi connectivity index (χ2v) is 9.38. The topological polar surface area (TPSA) is 134 Å². The number of benzene rings is 1. The summed E-state index contributed by atoms with van der Waals surface area (Å²) >= 11 is 0. The van der Waals surface area contributed by atoms with E-state index in [1.807, 2.05) is 24.3 Å². The molecule has 3 aromatic heterocycles. The van der Waals surface area contributed by atoms with Gasteiger partial charge in [-0.15, -0.1) is 5.10 Å². The van der Waals surface area contributed by atoms with Crippen molar-refractivity contribution in [2.24, 2.45) is 0 Å². The van der Waals surface area contributed by atoms with Gasteiger partial charge in [0.15, 0.2) is 11.5 Å². The molecule has 0 unspecified atom stereocenters. The maximum absolute atomic E-state index is 9.99. The Morgan fingerprint density at radius 3 is 2.51 bits per heavy atom. The van der Waals surface area contributed by atoms with Crippen molar-refractivity contribution in [1.29, 1.82) is 5.26 Å². The fourth-order valence-electron chi connectivity index (χ4n) is 5.10. The van der Waals surface area contributed by atoms with Crippen LogP contribution in [0, 0.1) is 11.3 Å². The van der Waals surface area contributed by atoms with Crippen LogP contribution in [0.3, 0.4) is 0 Å². The molecule has 0 bridgehead atoms.